The van der Waals surface area contributed by atoms with Gasteiger partial charge in [0.25, 0.3) is 0 Å². The largest absolute Gasteiger partial charge is 0.306 e. The summed E-state index contributed by atoms with van der Waals surface area (Å²) in [6.45, 7) is 10.2. The van der Waals surface area contributed by atoms with Crippen LogP contribution in [0.5, 0.6) is 0 Å². The second-order valence-electron chi connectivity index (χ2n) is 6.25. The highest BCUT2D eigenvalue weighted by molar-refractivity contribution is 4.78. The molecule has 2 unspecified atom stereocenters. The maximum absolute atomic E-state index is 5.78. The van der Waals surface area contributed by atoms with Crippen molar-refractivity contribution >= 4 is 0 Å². The maximum Gasteiger partial charge on any atom is 0.113 e. The van der Waals surface area contributed by atoms with Gasteiger partial charge in [-0.1, -0.05) is 13.8 Å². The molecule has 4 nitrogen and oxygen atoms in total. The molecule has 0 spiro atoms. The summed E-state index contributed by atoms with van der Waals surface area (Å²) in [5, 5.41) is 0. The van der Waals surface area contributed by atoms with Crippen molar-refractivity contribution < 1.29 is 9.78 Å². The Kier molecular flexibility index (Phi) is 7.37. The van der Waals surface area contributed by atoms with Gasteiger partial charge in [-0.15, -0.1) is 0 Å². The molecule has 0 aliphatic carbocycles. The number of hydrogen-bond acceptors (Lipinski definition) is 4. The van der Waals surface area contributed by atoms with Crippen molar-refractivity contribution in [3.8, 4) is 0 Å². The highest BCUT2D eigenvalue weighted by atomic mass is 17.2. The minimum Gasteiger partial charge on any atom is -0.306 e. The third kappa shape index (κ3) is 6.69. The molecule has 0 aliphatic rings. The van der Waals surface area contributed by atoms with E-state index in [1.165, 1.54) is 0 Å². The molecule has 0 aliphatic heterocycles. The molecule has 18 heavy (non-hydrogen) atoms. The molecule has 0 saturated heterocycles. The van der Waals surface area contributed by atoms with E-state index in [9.17, 15) is 0 Å². The molecule has 4 heteroatoms. The summed E-state index contributed by atoms with van der Waals surface area (Å²) in [6, 6.07) is 0. The Balaban J connectivity index is 4.48. The van der Waals surface area contributed by atoms with Crippen molar-refractivity contribution in [3.63, 3.8) is 0 Å². The molecule has 2 atom stereocenters. The van der Waals surface area contributed by atoms with Gasteiger partial charge in [0.05, 0.1) is 0 Å². The fraction of sp³-hybridized carbons (Fsp3) is 1.00. The van der Waals surface area contributed by atoms with Crippen LogP contribution in [0.25, 0.3) is 0 Å². The monoisotopic (exact) mass is 260 g/mol. The molecular weight excluding hydrogens is 228 g/mol. The fourth-order valence-corrected chi connectivity index (χ4v) is 1.93. The van der Waals surface area contributed by atoms with E-state index in [0.29, 0.717) is 0 Å². The third-order valence-corrected chi connectivity index (χ3v) is 3.24. The molecule has 0 N–H and O–H groups in total. The van der Waals surface area contributed by atoms with Gasteiger partial charge in [0, 0.05) is 13.1 Å². The first-order chi connectivity index (χ1) is 8.16. The minimum absolute atomic E-state index is 0.258. The Bertz CT molecular complexity index is 210. The third-order valence-electron chi connectivity index (χ3n) is 3.24. The lowest BCUT2D eigenvalue weighted by molar-refractivity contribution is -0.410. The lowest BCUT2D eigenvalue weighted by atomic mass is 10.0. The number of hydrogen-bond donors (Lipinski definition) is 0. The SMILES string of the molecule is CCC(C)(CN(C)C)OOC(C)(CC)CN(C)C. The van der Waals surface area contributed by atoms with E-state index >= 15 is 0 Å². The van der Waals surface area contributed by atoms with Crippen molar-refractivity contribution in [1.82, 2.24) is 9.80 Å². The van der Waals surface area contributed by atoms with E-state index in [0.717, 1.165) is 25.9 Å². The van der Waals surface area contributed by atoms with E-state index in [4.69, 9.17) is 9.78 Å². The molecule has 0 fully saturated rings. The highest BCUT2D eigenvalue weighted by Gasteiger charge is 2.32. The van der Waals surface area contributed by atoms with Gasteiger partial charge in [0.1, 0.15) is 11.2 Å². The van der Waals surface area contributed by atoms with E-state index < -0.39 is 0 Å². The molecule has 0 aromatic carbocycles. The topological polar surface area (TPSA) is 24.9 Å². The van der Waals surface area contributed by atoms with Gasteiger partial charge < -0.3 is 9.80 Å². The highest BCUT2D eigenvalue weighted by Crippen LogP contribution is 2.23. The van der Waals surface area contributed by atoms with Crippen molar-refractivity contribution in [2.75, 3.05) is 41.3 Å². The first kappa shape index (κ1) is 17.8. The summed E-state index contributed by atoms with van der Waals surface area (Å²) in [7, 11) is 8.21. The average molecular weight is 260 g/mol. The van der Waals surface area contributed by atoms with E-state index in [1.54, 1.807) is 0 Å². The Hall–Kier alpha value is -0.160. The molecule has 0 rings (SSSR count). The maximum atomic E-state index is 5.78. The predicted molar refractivity (Wildman–Crippen MR) is 76.7 cm³/mol. The average Bonchev–Trinajstić information content (AvgIpc) is 2.25. The van der Waals surface area contributed by atoms with Gasteiger partial charge in [-0.25, -0.2) is 9.78 Å². The lowest BCUT2D eigenvalue weighted by Crippen LogP contribution is -2.45. The van der Waals surface area contributed by atoms with Crippen molar-refractivity contribution in [2.24, 2.45) is 0 Å². The minimum atomic E-state index is -0.258. The van der Waals surface area contributed by atoms with Crippen LogP contribution in [0.3, 0.4) is 0 Å². The van der Waals surface area contributed by atoms with Gasteiger partial charge in [-0.2, -0.15) is 0 Å². The number of likely N-dealkylation sites (N-methyl/N-ethyl adjacent to an activating group) is 2. The van der Waals surface area contributed by atoms with Gasteiger partial charge in [0.2, 0.25) is 0 Å². The Morgan fingerprint density at radius 2 is 1.00 bits per heavy atom. The zero-order valence-electron chi connectivity index (χ0n) is 13.5. The van der Waals surface area contributed by atoms with Gasteiger partial charge in [0.15, 0.2) is 0 Å². The molecular formula is C14H32N2O2. The van der Waals surface area contributed by atoms with Crippen molar-refractivity contribution in [2.45, 2.75) is 51.7 Å². The molecule has 0 heterocycles. The van der Waals surface area contributed by atoms with E-state index in [1.807, 2.05) is 0 Å². The fourth-order valence-electron chi connectivity index (χ4n) is 1.93. The molecule has 110 valence electrons. The van der Waals surface area contributed by atoms with Gasteiger partial charge in [-0.3, -0.25) is 0 Å². The Morgan fingerprint density at radius 1 is 0.722 bits per heavy atom. The molecule has 0 bridgehead atoms. The van der Waals surface area contributed by atoms with Crippen LogP contribution in [0.4, 0.5) is 0 Å². The molecule has 0 amide bonds. The normalized spacial score (nSPS) is 19.0. The quantitative estimate of drug-likeness (QED) is 0.469. The predicted octanol–water partition coefficient (Wildman–Crippen LogP) is 2.40. The summed E-state index contributed by atoms with van der Waals surface area (Å²) in [4.78, 5) is 15.8. The van der Waals surface area contributed by atoms with Crippen LogP contribution in [0.2, 0.25) is 0 Å². The smallest absolute Gasteiger partial charge is 0.113 e. The molecule has 0 saturated carbocycles. The van der Waals surface area contributed by atoms with Crippen LogP contribution in [-0.4, -0.2) is 62.3 Å². The zero-order chi connectivity index (χ0) is 14.4. The summed E-state index contributed by atoms with van der Waals surface area (Å²) in [5.41, 5.74) is -0.515. The molecule has 0 radical (unpaired) electrons. The van der Waals surface area contributed by atoms with Crippen molar-refractivity contribution in [1.29, 1.82) is 0 Å². The molecule has 0 aromatic heterocycles. The lowest BCUT2D eigenvalue weighted by Gasteiger charge is -2.36. The number of rotatable bonds is 9. The van der Waals surface area contributed by atoms with E-state index in [2.05, 4.69) is 65.7 Å². The van der Waals surface area contributed by atoms with Crippen LogP contribution >= 0.6 is 0 Å². The number of nitrogens with zero attached hydrogens (tertiary/aromatic N) is 2. The zero-order valence-corrected chi connectivity index (χ0v) is 13.5. The van der Waals surface area contributed by atoms with Gasteiger partial charge in [-0.05, 0) is 54.9 Å². The van der Waals surface area contributed by atoms with E-state index in [-0.39, 0.29) is 11.2 Å². The first-order valence-electron chi connectivity index (χ1n) is 6.82. The standard InChI is InChI=1S/C14H32N2O2/c1-9-13(3,11-15(5)6)17-18-14(4,10-2)12-16(7)8/h9-12H2,1-8H3. The summed E-state index contributed by atoms with van der Waals surface area (Å²) < 4.78 is 0. The van der Waals surface area contributed by atoms with Crippen LogP contribution in [-0.2, 0) is 9.78 Å². The Labute approximate surface area is 113 Å². The van der Waals surface area contributed by atoms with Crippen LogP contribution in [0, 0.1) is 0 Å². The second-order valence-corrected chi connectivity index (χ2v) is 6.25. The summed E-state index contributed by atoms with van der Waals surface area (Å²) in [6.07, 6.45) is 1.85. The van der Waals surface area contributed by atoms with Crippen LogP contribution in [0.1, 0.15) is 40.5 Å². The van der Waals surface area contributed by atoms with Gasteiger partial charge >= 0.3 is 0 Å². The van der Waals surface area contributed by atoms with Crippen molar-refractivity contribution in [3.05, 3.63) is 0 Å². The van der Waals surface area contributed by atoms with Crippen LogP contribution < -0.4 is 0 Å². The molecule has 0 aromatic rings. The second kappa shape index (κ2) is 7.43. The summed E-state index contributed by atoms with van der Waals surface area (Å²) >= 11 is 0. The Morgan fingerprint density at radius 3 is 1.17 bits per heavy atom. The summed E-state index contributed by atoms with van der Waals surface area (Å²) in [5.74, 6) is 0. The van der Waals surface area contributed by atoms with Crippen LogP contribution in [0.15, 0.2) is 0 Å². The first-order valence-corrected chi connectivity index (χ1v) is 6.82.